The van der Waals surface area contributed by atoms with E-state index in [9.17, 15) is 0 Å². The van der Waals surface area contributed by atoms with E-state index < -0.39 is 0 Å². The Labute approximate surface area is 104 Å². The molecule has 1 saturated carbocycles. The van der Waals surface area contributed by atoms with Gasteiger partial charge in [0.2, 0.25) is 0 Å². The molecule has 1 saturated heterocycles. The van der Waals surface area contributed by atoms with Gasteiger partial charge in [-0.05, 0) is 24.7 Å². The molecule has 0 amide bonds. The average molecular weight is 242 g/mol. The molecular formula is C13H26N2S. The fourth-order valence-electron chi connectivity index (χ4n) is 3.19. The number of hydrogen-bond acceptors (Lipinski definition) is 3. The highest BCUT2D eigenvalue weighted by atomic mass is 32.2. The van der Waals surface area contributed by atoms with Crippen LogP contribution in [-0.4, -0.2) is 41.1 Å². The Hall–Kier alpha value is 0.270. The van der Waals surface area contributed by atoms with Crippen molar-refractivity contribution in [3.05, 3.63) is 0 Å². The van der Waals surface area contributed by atoms with Crippen LogP contribution in [-0.2, 0) is 0 Å². The van der Waals surface area contributed by atoms with Gasteiger partial charge in [0.05, 0.1) is 0 Å². The highest BCUT2D eigenvalue weighted by Gasteiger charge is 2.48. The molecule has 0 bridgehead atoms. The summed E-state index contributed by atoms with van der Waals surface area (Å²) in [4.78, 5) is 2.69. The van der Waals surface area contributed by atoms with Gasteiger partial charge in [-0.1, -0.05) is 20.8 Å². The van der Waals surface area contributed by atoms with E-state index in [0.29, 0.717) is 5.54 Å². The Kier molecular flexibility index (Phi) is 3.87. The summed E-state index contributed by atoms with van der Waals surface area (Å²) in [5.74, 6) is 3.03. The van der Waals surface area contributed by atoms with E-state index in [1.807, 2.05) is 0 Å². The molecule has 2 N–H and O–H groups in total. The maximum Gasteiger partial charge on any atom is 0.0338 e. The molecule has 2 nitrogen and oxygen atoms in total. The van der Waals surface area contributed by atoms with Crippen molar-refractivity contribution < 1.29 is 0 Å². The van der Waals surface area contributed by atoms with Gasteiger partial charge in [0, 0.05) is 36.2 Å². The monoisotopic (exact) mass is 242 g/mol. The molecule has 2 rings (SSSR count). The summed E-state index contributed by atoms with van der Waals surface area (Å²) in [6.45, 7) is 10.4. The van der Waals surface area contributed by atoms with Crippen molar-refractivity contribution in [2.75, 3.05) is 25.4 Å². The molecule has 1 aliphatic carbocycles. The van der Waals surface area contributed by atoms with Gasteiger partial charge < -0.3 is 5.73 Å². The van der Waals surface area contributed by atoms with Crippen LogP contribution >= 0.6 is 11.8 Å². The van der Waals surface area contributed by atoms with Crippen molar-refractivity contribution in [2.45, 2.75) is 44.4 Å². The van der Waals surface area contributed by atoms with E-state index in [0.717, 1.165) is 23.6 Å². The molecule has 2 fully saturated rings. The molecule has 2 aliphatic rings. The largest absolute Gasteiger partial charge is 0.329 e. The number of rotatable bonds is 3. The van der Waals surface area contributed by atoms with Crippen LogP contribution in [0, 0.1) is 11.8 Å². The van der Waals surface area contributed by atoms with E-state index >= 15 is 0 Å². The topological polar surface area (TPSA) is 29.3 Å². The summed E-state index contributed by atoms with van der Waals surface area (Å²) in [5.41, 5.74) is 6.42. The molecule has 0 radical (unpaired) electrons. The molecule has 1 unspecified atom stereocenters. The summed E-state index contributed by atoms with van der Waals surface area (Å²) < 4.78 is 0. The number of thioether (sulfide) groups is 1. The number of nitrogens with zero attached hydrogens (tertiary/aromatic N) is 1. The average Bonchev–Trinajstić information content (AvgIpc) is 2.16. The summed E-state index contributed by atoms with van der Waals surface area (Å²) in [7, 11) is 0. The standard InChI is InChI=1S/C13H26N2S/c1-10(2)12-6-13(7-12,9-14)15-4-5-16-11(3)8-15/h10-12H,4-9,14H2,1-3H3. The molecule has 3 heteroatoms. The second-order valence-electron chi connectivity index (χ2n) is 5.97. The van der Waals surface area contributed by atoms with E-state index in [-0.39, 0.29) is 0 Å². The Morgan fingerprint density at radius 3 is 2.62 bits per heavy atom. The smallest absolute Gasteiger partial charge is 0.0338 e. The zero-order chi connectivity index (χ0) is 11.8. The van der Waals surface area contributed by atoms with Gasteiger partial charge in [-0.2, -0.15) is 11.8 Å². The Morgan fingerprint density at radius 2 is 2.12 bits per heavy atom. The minimum Gasteiger partial charge on any atom is -0.329 e. The second-order valence-corrected chi connectivity index (χ2v) is 7.51. The van der Waals surface area contributed by atoms with Gasteiger partial charge >= 0.3 is 0 Å². The van der Waals surface area contributed by atoms with Gasteiger partial charge in [-0.3, -0.25) is 4.90 Å². The Bertz CT molecular complexity index is 236. The molecule has 16 heavy (non-hydrogen) atoms. The van der Waals surface area contributed by atoms with Gasteiger partial charge in [-0.15, -0.1) is 0 Å². The lowest BCUT2D eigenvalue weighted by Crippen LogP contribution is -2.64. The fourth-order valence-corrected chi connectivity index (χ4v) is 4.20. The summed E-state index contributed by atoms with van der Waals surface area (Å²) >= 11 is 2.11. The van der Waals surface area contributed by atoms with Crippen molar-refractivity contribution in [3.8, 4) is 0 Å². The number of nitrogens with two attached hydrogens (primary N) is 1. The van der Waals surface area contributed by atoms with Crippen LogP contribution in [0.3, 0.4) is 0 Å². The lowest BCUT2D eigenvalue weighted by molar-refractivity contribution is -0.0326. The van der Waals surface area contributed by atoms with Crippen LogP contribution in [0.15, 0.2) is 0 Å². The van der Waals surface area contributed by atoms with Crippen molar-refractivity contribution in [1.82, 2.24) is 4.90 Å². The molecule has 1 heterocycles. The quantitative estimate of drug-likeness (QED) is 0.822. The van der Waals surface area contributed by atoms with Gasteiger partial charge in [0.1, 0.15) is 0 Å². The third-order valence-corrected chi connectivity index (χ3v) is 5.66. The van der Waals surface area contributed by atoms with Crippen LogP contribution in [0.1, 0.15) is 33.6 Å². The molecular weight excluding hydrogens is 216 g/mol. The van der Waals surface area contributed by atoms with E-state index in [2.05, 4.69) is 37.4 Å². The fraction of sp³-hybridized carbons (Fsp3) is 1.00. The molecule has 0 spiro atoms. The van der Waals surface area contributed by atoms with Crippen molar-refractivity contribution in [2.24, 2.45) is 17.6 Å². The molecule has 0 aromatic carbocycles. The molecule has 0 aromatic rings. The maximum absolute atomic E-state index is 6.06. The van der Waals surface area contributed by atoms with Crippen molar-refractivity contribution in [3.63, 3.8) is 0 Å². The highest BCUT2D eigenvalue weighted by molar-refractivity contribution is 7.99. The van der Waals surface area contributed by atoms with Gasteiger partial charge in [-0.25, -0.2) is 0 Å². The molecule has 1 atom stereocenters. The predicted molar refractivity (Wildman–Crippen MR) is 72.8 cm³/mol. The summed E-state index contributed by atoms with van der Waals surface area (Å²) in [6, 6.07) is 0. The first-order chi connectivity index (χ1) is 7.57. The summed E-state index contributed by atoms with van der Waals surface area (Å²) in [5, 5.41) is 0.787. The first-order valence-electron chi connectivity index (χ1n) is 6.64. The SMILES string of the molecule is CC1CN(C2(CN)CC(C(C)C)C2)CCS1. The normalized spacial score (nSPS) is 41.1. The lowest BCUT2D eigenvalue weighted by Gasteiger charge is -2.57. The van der Waals surface area contributed by atoms with E-state index in [1.165, 1.54) is 31.7 Å². The molecule has 0 aromatic heterocycles. The van der Waals surface area contributed by atoms with Gasteiger partial charge in [0.25, 0.3) is 0 Å². The highest BCUT2D eigenvalue weighted by Crippen LogP contribution is 2.46. The molecule has 94 valence electrons. The van der Waals surface area contributed by atoms with Crippen LogP contribution in [0.2, 0.25) is 0 Å². The van der Waals surface area contributed by atoms with Crippen LogP contribution in [0.25, 0.3) is 0 Å². The van der Waals surface area contributed by atoms with E-state index in [1.54, 1.807) is 0 Å². The van der Waals surface area contributed by atoms with Crippen molar-refractivity contribution >= 4 is 11.8 Å². The van der Waals surface area contributed by atoms with Gasteiger partial charge in [0.15, 0.2) is 0 Å². The Balaban J connectivity index is 1.95. The third kappa shape index (κ3) is 2.27. The van der Waals surface area contributed by atoms with Crippen molar-refractivity contribution in [1.29, 1.82) is 0 Å². The van der Waals surface area contributed by atoms with E-state index in [4.69, 9.17) is 5.73 Å². The minimum atomic E-state index is 0.365. The minimum absolute atomic E-state index is 0.365. The van der Waals surface area contributed by atoms with Crippen LogP contribution in [0.5, 0.6) is 0 Å². The zero-order valence-electron chi connectivity index (χ0n) is 10.9. The maximum atomic E-state index is 6.06. The summed E-state index contributed by atoms with van der Waals surface area (Å²) in [6.07, 6.45) is 2.66. The number of hydrogen-bond donors (Lipinski definition) is 1. The third-order valence-electron chi connectivity index (χ3n) is 4.52. The molecule has 1 aliphatic heterocycles. The first-order valence-corrected chi connectivity index (χ1v) is 7.69. The lowest BCUT2D eigenvalue weighted by atomic mass is 9.63. The van der Waals surface area contributed by atoms with Crippen LogP contribution in [0.4, 0.5) is 0 Å². The Morgan fingerprint density at radius 1 is 1.44 bits per heavy atom. The van der Waals surface area contributed by atoms with Crippen LogP contribution < -0.4 is 5.73 Å². The second kappa shape index (κ2) is 4.87. The predicted octanol–water partition coefficient (Wildman–Crippen LogP) is 2.19. The first kappa shape index (κ1) is 12.7. The zero-order valence-corrected chi connectivity index (χ0v) is 11.7.